The van der Waals surface area contributed by atoms with Gasteiger partial charge in [0.15, 0.2) is 4.77 Å². The highest BCUT2D eigenvalue weighted by atomic mass is 32.1. The first-order valence-electron chi connectivity index (χ1n) is 7.82. The maximum atomic E-state index is 5.70. The van der Waals surface area contributed by atoms with E-state index in [4.69, 9.17) is 22.1 Å². The third-order valence-corrected chi connectivity index (χ3v) is 5.49. The minimum atomic E-state index is 0.570. The van der Waals surface area contributed by atoms with Crippen LogP contribution in [0.1, 0.15) is 29.6 Å². The Labute approximate surface area is 139 Å². The van der Waals surface area contributed by atoms with Crippen LogP contribution in [0.4, 0.5) is 0 Å². The normalized spacial score (nSPS) is 19.6. The summed E-state index contributed by atoms with van der Waals surface area (Å²) in [6, 6.07) is 4.84. The molecule has 2 aromatic rings. The van der Waals surface area contributed by atoms with Gasteiger partial charge in [-0.2, -0.15) is 5.10 Å². The van der Waals surface area contributed by atoms with Gasteiger partial charge in [-0.3, -0.25) is 4.90 Å². The van der Waals surface area contributed by atoms with Crippen LogP contribution in [-0.4, -0.2) is 45.6 Å². The topological polar surface area (TPSA) is 35.2 Å². The van der Waals surface area contributed by atoms with Gasteiger partial charge >= 0.3 is 0 Å². The van der Waals surface area contributed by atoms with Crippen molar-refractivity contribution < 1.29 is 4.74 Å². The largest absolute Gasteiger partial charge is 0.379 e. The van der Waals surface area contributed by atoms with E-state index in [-0.39, 0.29) is 0 Å². The van der Waals surface area contributed by atoms with Crippen molar-refractivity contribution in [2.24, 2.45) is 0 Å². The summed E-state index contributed by atoms with van der Waals surface area (Å²) in [7, 11) is 0. The molecule has 1 aliphatic heterocycles. The number of thiophene rings is 1. The molecule has 0 N–H and O–H groups in total. The molecule has 2 aliphatic rings. The summed E-state index contributed by atoms with van der Waals surface area (Å²) in [4.78, 5) is 3.71. The van der Waals surface area contributed by atoms with Gasteiger partial charge in [-0.05, 0) is 36.5 Å². The molecule has 22 heavy (non-hydrogen) atoms. The van der Waals surface area contributed by atoms with Crippen molar-refractivity contribution in [2.75, 3.05) is 26.3 Å². The van der Waals surface area contributed by atoms with Crippen molar-refractivity contribution in [1.82, 2.24) is 19.2 Å². The highest BCUT2D eigenvalue weighted by Gasteiger charge is 2.29. The molecule has 0 radical (unpaired) electrons. The number of hydrogen-bond acceptors (Lipinski definition) is 5. The fourth-order valence-electron chi connectivity index (χ4n) is 2.88. The molecule has 0 unspecified atom stereocenters. The Morgan fingerprint density at radius 2 is 2.14 bits per heavy atom. The number of aromatic nitrogens is 3. The lowest BCUT2D eigenvalue weighted by molar-refractivity contribution is 0.0209. The van der Waals surface area contributed by atoms with Crippen LogP contribution in [0.5, 0.6) is 0 Å². The molecule has 3 heterocycles. The summed E-state index contributed by atoms with van der Waals surface area (Å²) in [6.45, 7) is 4.30. The summed E-state index contributed by atoms with van der Waals surface area (Å²) in [5.41, 5.74) is 0. The Morgan fingerprint density at radius 1 is 1.32 bits per heavy atom. The van der Waals surface area contributed by atoms with Crippen molar-refractivity contribution in [3.8, 4) is 0 Å². The monoisotopic (exact) mass is 336 g/mol. The van der Waals surface area contributed by atoms with E-state index in [1.807, 2.05) is 4.68 Å². The second-order valence-electron chi connectivity index (χ2n) is 5.93. The van der Waals surface area contributed by atoms with Crippen LogP contribution in [0.2, 0.25) is 0 Å². The van der Waals surface area contributed by atoms with Crippen LogP contribution in [0.3, 0.4) is 0 Å². The highest BCUT2D eigenvalue weighted by molar-refractivity contribution is 7.71. The molecule has 5 nitrogen and oxygen atoms in total. The zero-order chi connectivity index (χ0) is 14.9. The summed E-state index contributed by atoms with van der Waals surface area (Å²) in [5.74, 6) is 1.11. The number of ether oxygens (including phenoxy) is 1. The Hall–Kier alpha value is -1.02. The SMILES string of the molecule is S=c1n(CN2CCOCC2)nc(Cc2cccs2)n1C1CC1. The Bertz CT molecular complexity index is 681. The van der Waals surface area contributed by atoms with Crippen LogP contribution in [0.25, 0.3) is 0 Å². The molecule has 0 aromatic carbocycles. The highest BCUT2D eigenvalue weighted by Crippen LogP contribution is 2.36. The Kier molecular flexibility index (Phi) is 4.13. The average molecular weight is 336 g/mol. The van der Waals surface area contributed by atoms with E-state index >= 15 is 0 Å². The summed E-state index contributed by atoms with van der Waals surface area (Å²) in [6.07, 6.45) is 3.35. The molecule has 0 atom stereocenters. The van der Waals surface area contributed by atoms with Crippen molar-refractivity contribution >= 4 is 23.6 Å². The maximum Gasteiger partial charge on any atom is 0.199 e. The minimum absolute atomic E-state index is 0.570. The lowest BCUT2D eigenvalue weighted by Gasteiger charge is -2.26. The molecule has 1 saturated carbocycles. The molecule has 118 valence electrons. The number of morpholine rings is 1. The van der Waals surface area contributed by atoms with E-state index in [9.17, 15) is 0 Å². The molecule has 0 bridgehead atoms. The van der Waals surface area contributed by atoms with Crippen LogP contribution in [0.15, 0.2) is 17.5 Å². The number of hydrogen-bond donors (Lipinski definition) is 0. The Morgan fingerprint density at radius 3 is 2.82 bits per heavy atom. The van der Waals surface area contributed by atoms with Crippen molar-refractivity contribution in [3.63, 3.8) is 0 Å². The van der Waals surface area contributed by atoms with Gasteiger partial charge in [-0.1, -0.05) is 6.07 Å². The molecule has 0 amide bonds. The summed E-state index contributed by atoms with van der Waals surface area (Å²) < 4.78 is 10.6. The molecule has 2 fully saturated rings. The van der Waals surface area contributed by atoms with Crippen LogP contribution < -0.4 is 0 Å². The zero-order valence-electron chi connectivity index (χ0n) is 12.5. The first-order valence-corrected chi connectivity index (χ1v) is 9.11. The van der Waals surface area contributed by atoms with E-state index < -0.39 is 0 Å². The molecule has 1 aliphatic carbocycles. The van der Waals surface area contributed by atoms with Gasteiger partial charge in [0.2, 0.25) is 0 Å². The molecule has 2 aromatic heterocycles. The summed E-state index contributed by atoms with van der Waals surface area (Å²) >= 11 is 7.49. The van der Waals surface area contributed by atoms with Crippen LogP contribution >= 0.6 is 23.6 Å². The predicted octanol–water partition coefficient (Wildman–Crippen LogP) is 2.69. The van der Waals surface area contributed by atoms with Crippen molar-refractivity contribution in [3.05, 3.63) is 33.0 Å². The standard InChI is InChI=1S/C15H20N4OS2/c21-15-18(11-17-5-7-20-8-6-17)16-14(19(15)12-3-4-12)10-13-2-1-9-22-13/h1-2,9,12H,3-8,10-11H2. The smallest absolute Gasteiger partial charge is 0.199 e. The first kappa shape index (κ1) is 14.6. The van der Waals surface area contributed by atoms with Gasteiger partial charge < -0.3 is 9.30 Å². The molecular formula is C15H20N4OS2. The molecule has 4 rings (SSSR count). The van der Waals surface area contributed by atoms with Crippen molar-refractivity contribution in [1.29, 1.82) is 0 Å². The van der Waals surface area contributed by atoms with Gasteiger partial charge in [0.1, 0.15) is 5.82 Å². The third-order valence-electron chi connectivity index (χ3n) is 4.20. The van der Waals surface area contributed by atoms with E-state index in [0.717, 1.165) is 50.0 Å². The van der Waals surface area contributed by atoms with Gasteiger partial charge in [0, 0.05) is 30.4 Å². The Balaban J connectivity index is 1.60. The van der Waals surface area contributed by atoms with Gasteiger partial charge in [0.25, 0.3) is 0 Å². The molecule has 7 heteroatoms. The summed E-state index contributed by atoms with van der Waals surface area (Å²) in [5, 5.41) is 6.96. The first-order chi connectivity index (χ1) is 10.8. The van der Waals surface area contributed by atoms with Crippen LogP contribution in [-0.2, 0) is 17.8 Å². The van der Waals surface area contributed by atoms with Gasteiger partial charge in [-0.25, -0.2) is 4.68 Å². The van der Waals surface area contributed by atoms with E-state index in [2.05, 4.69) is 27.0 Å². The van der Waals surface area contributed by atoms with Crippen LogP contribution in [0, 0.1) is 4.77 Å². The van der Waals surface area contributed by atoms with Gasteiger partial charge in [-0.15, -0.1) is 11.3 Å². The second kappa shape index (κ2) is 6.23. The second-order valence-corrected chi connectivity index (χ2v) is 7.32. The molecule has 1 saturated heterocycles. The predicted molar refractivity (Wildman–Crippen MR) is 88.8 cm³/mol. The van der Waals surface area contributed by atoms with E-state index in [1.165, 1.54) is 17.7 Å². The number of rotatable bonds is 5. The zero-order valence-corrected chi connectivity index (χ0v) is 14.1. The fourth-order valence-corrected chi connectivity index (χ4v) is 3.93. The van der Waals surface area contributed by atoms with E-state index in [1.54, 1.807) is 11.3 Å². The minimum Gasteiger partial charge on any atom is -0.379 e. The maximum absolute atomic E-state index is 5.70. The molecular weight excluding hydrogens is 316 g/mol. The molecule has 0 spiro atoms. The third kappa shape index (κ3) is 3.03. The lowest BCUT2D eigenvalue weighted by atomic mass is 10.3. The van der Waals surface area contributed by atoms with Gasteiger partial charge in [0.05, 0.1) is 19.9 Å². The quantitative estimate of drug-likeness (QED) is 0.787. The average Bonchev–Trinajstić information content (AvgIpc) is 3.14. The number of nitrogens with zero attached hydrogens (tertiary/aromatic N) is 4. The van der Waals surface area contributed by atoms with E-state index in [0.29, 0.717) is 6.04 Å². The fraction of sp³-hybridized carbons (Fsp3) is 0.600. The lowest BCUT2D eigenvalue weighted by Crippen LogP contribution is -2.37. The van der Waals surface area contributed by atoms with Crippen molar-refractivity contribution in [2.45, 2.75) is 32.0 Å².